The number of nitrogens with one attached hydrogen (secondary N) is 2. The molecule has 2 rings (SSSR count). The molecular weight excluding hydrogens is 136 g/mol. The lowest BCUT2D eigenvalue weighted by atomic mass is 9.83. The van der Waals surface area contributed by atoms with Crippen LogP contribution in [0.15, 0.2) is 0 Å². The maximum absolute atomic E-state index is 3.47. The highest BCUT2D eigenvalue weighted by atomic mass is 15.1. The first-order valence-corrected chi connectivity index (χ1v) is 4.83. The predicted molar refractivity (Wildman–Crippen MR) is 46.4 cm³/mol. The van der Waals surface area contributed by atoms with E-state index in [4.69, 9.17) is 0 Å². The van der Waals surface area contributed by atoms with Gasteiger partial charge in [-0.2, -0.15) is 0 Å². The molecule has 0 bridgehead atoms. The minimum atomic E-state index is 0.684. The molecule has 0 amide bonds. The Morgan fingerprint density at radius 2 is 1.73 bits per heavy atom. The van der Waals surface area contributed by atoms with Crippen LogP contribution in [-0.2, 0) is 0 Å². The van der Waals surface area contributed by atoms with Gasteiger partial charge in [0, 0.05) is 13.2 Å². The second-order valence-corrected chi connectivity index (χ2v) is 4.06. The van der Waals surface area contributed by atoms with Gasteiger partial charge in [0.2, 0.25) is 0 Å². The summed E-state index contributed by atoms with van der Waals surface area (Å²) in [5.74, 6) is 0. The lowest BCUT2D eigenvalue weighted by Crippen LogP contribution is -2.31. The fourth-order valence-corrected chi connectivity index (χ4v) is 2.50. The van der Waals surface area contributed by atoms with Gasteiger partial charge < -0.3 is 10.6 Å². The van der Waals surface area contributed by atoms with Crippen LogP contribution in [0.25, 0.3) is 0 Å². The highest BCUT2D eigenvalue weighted by Crippen LogP contribution is 2.40. The van der Waals surface area contributed by atoms with Gasteiger partial charge in [-0.1, -0.05) is 12.8 Å². The molecular formula is C9H18N2. The molecule has 0 unspecified atom stereocenters. The van der Waals surface area contributed by atoms with Gasteiger partial charge in [-0.25, -0.2) is 0 Å². The second kappa shape index (κ2) is 3.11. The van der Waals surface area contributed by atoms with Gasteiger partial charge in [-0.15, -0.1) is 0 Å². The smallest absolute Gasteiger partial charge is 0.0454 e. The Bertz CT molecular complexity index is 118. The Kier molecular flexibility index (Phi) is 2.14. The van der Waals surface area contributed by atoms with E-state index in [9.17, 15) is 0 Å². The molecule has 0 radical (unpaired) electrons. The summed E-state index contributed by atoms with van der Waals surface area (Å²) in [6, 6.07) is 0. The van der Waals surface area contributed by atoms with E-state index in [0.29, 0.717) is 5.41 Å². The fourth-order valence-electron chi connectivity index (χ4n) is 2.50. The average molecular weight is 154 g/mol. The summed E-state index contributed by atoms with van der Waals surface area (Å²) >= 11 is 0. The Hall–Kier alpha value is -0.0800. The van der Waals surface area contributed by atoms with Crippen LogP contribution < -0.4 is 10.6 Å². The van der Waals surface area contributed by atoms with E-state index < -0.39 is 0 Å². The molecule has 1 spiro atoms. The maximum atomic E-state index is 3.47. The van der Waals surface area contributed by atoms with Crippen molar-refractivity contribution in [1.29, 1.82) is 0 Å². The Labute approximate surface area is 68.7 Å². The molecule has 2 nitrogen and oxygen atoms in total. The molecule has 2 aliphatic rings. The molecule has 1 aliphatic carbocycles. The van der Waals surface area contributed by atoms with Crippen molar-refractivity contribution in [3.63, 3.8) is 0 Å². The Morgan fingerprint density at radius 3 is 2.55 bits per heavy atom. The van der Waals surface area contributed by atoms with Crippen LogP contribution in [0.3, 0.4) is 0 Å². The van der Waals surface area contributed by atoms with Crippen molar-refractivity contribution in [2.75, 3.05) is 19.8 Å². The summed E-state index contributed by atoms with van der Waals surface area (Å²) in [5.41, 5.74) is 0.684. The first-order valence-electron chi connectivity index (χ1n) is 4.83. The summed E-state index contributed by atoms with van der Waals surface area (Å²) in [7, 11) is 0. The molecule has 0 aromatic heterocycles. The third-order valence-electron chi connectivity index (χ3n) is 3.25. The van der Waals surface area contributed by atoms with Crippen LogP contribution in [0.1, 0.15) is 32.1 Å². The zero-order valence-electron chi connectivity index (χ0n) is 7.16. The molecule has 11 heavy (non-hydrogen) atoms. The lowest BCUT2D eigenvalue weighted by molar-refractivity contribution is 0.280. The van der Waals surface area contributed by atoms with Crippen LogP contribution >= 0.6 is 0 Å². The second-order valence-electron chi connectivity index (χ2n) is 4.06. The molecule has 1 saturated carbocycles. The molecule has 2 N–H and O–H groups in total. The number of hydrogen-bond acceptors (Lipinski definition) is 2. The van der Waals surface area contributed by atoms with Gasteiger partial charge in [0.15, 0.2) is 0 Å². The molecule has 0 aromatic rings. The Balaban J connectivity index is 1.97. The van der Waals surface area contributed by atoms with Crippen molar-refractivity contribution < 1.29 is 0 Å². The first kappa shape index (κ1) is 7.56. The van der Waals surface area contributed by atoms with Crippen LogP contribution in [0, 0.1) is 5.41 Å². The molecule has 1 saturated heterocycles. The maximum Gasteiger partial charge on any atom is 0.0454 e. The van der Waals surface area contributed by atoms with Crippen molar-refractivity contribution in [2.24, 2.45) is 5.41 Å². The topological polar surface area (TPSA) is 24.1 Å². The summed E-state index contributed by atoms with van der Waals surface area (Å²) in [4.78, 5) is 0. The minimum absolute atomic E-state index is 0.684. The fraction of sp³-hybridized carbons (Fsp3) is 1.00. The molecule has 2 heteroatoms. The van der Waals surface area contributed by atoms with Gasteiger partial charge in [0.05, 0.1) is 0 Å². The molecule has 64 valence electrons. The number of hydrogen-bond donors (Lipinski definition) is 2. The van der Waals surface area contributed by atoms with E-state index in [2.05, 4.69) is 10.6 Å². The largest absolute Gasteiger partial charge is 0.304 e. The van der Waals surface area contributed by atoms with E-state index in [1.165, 1.54) is 45.2 Å². The third-order valence-corrected chi connectivity index (χ3v) is 3.25. The molecule has 0 aromatic carbocycles. The monoisotopic (exact) mass is 154 g/mol. The van der Waals surface area contributed by atoms with Crippen molar-refractivity contribution in [2.45, 2.75) is 32.1 Å². The van der Waals surface area contributed by atoms with Crippen LogP contribution in [0.4, 0.5) is 0 Å². The summed E-state index contributed by atoms with van der Waals surface area (Å²) in [6.45, 7) is 3.48. The third kappa shape index (κ3) is 1.57. The quantitative estimate of drug-likeness (QED) is 0.545. The van der Waals surface area contributed by atoms with Gasteiger partial charge in [-0.05, 0) is 31.2 Å². The minimum Gasteiger partial charge on any atom is -0.304 e. The Morgan fingerprint density at radius 1 is 0.909 bits per heavy atom. The molecule has 0 atom stereocenters. The van der Waals surface area contributed by atoms with Crippen molar-refractivity contribution in [3.8, 4) is 0 Å². The van der Waals surface area contributed by atoms with Gasteiger partial charge in [-0.3, -0.25) is 0 Å². The summed E-state index contributed by atoms with van der Waals surface area (Å²) < 4.78 is 0. The van der Waals surface area contributed by atoms with Gasteiger partial charge in [0.25, 0.3) is 0 Å². The highest BCUT2D eigenvalue weighted by molar-refractivity contribution is 4.88. The van der Waals surface area contributed by atoms with E-state index in [-0.39, 0.29) is 0 Å². The normalized spacial score (nSPS) is 30.5. The van der Waals surface area contributed by atoms with Crippen LogP contribution in [0.5, 0.6) is 0 Å². The van der Waals surface area contributed by atoms with Crippen LogP contribution in [0.2, 0.25) is 0 Å². The lowest BCUT2D eigenvalue weighted by Gasteiger charge is -2.26. The average Bonchev–Trinajstić information content (AvgIpc) is 2.32. The van der Waals surface area contributed by atoms with Gasteiger partial charge >= 0.3 is 0 Å². The highest BCUT2D eigenvalue weighted by Gasteiger charge is 2.33. The van der Waals surface area contributed by atoms with E-state index >= 15 is 0 Å². The molecule has 1 aliphatic heterocycles. The zero-order chi connectivity index (χ0) is 7.57. The molecule has 2 fully saturated rings. The van der Waals surface area contributed by atoms with Gasteiger partial charge in [0.1, 0.15) is 0 Å². The van der Waals surface area contributed by atoms with Crippen molar-refractivity contribution >= 4 is 0 Å². The number of rotatable bonds is 0. The van der Waals surface area contributed by atoms with Crippen LogP contribution in [-0.4, -0.2) is 19.8 Å². The van der Waals surface area contributed by atoms with E-state index in [0.717, 1.165) is 6.67 Å². The zero-order valence-corrected chi connectivity index (χ0v) is 7.16. The molecule has 1 heterocycles. The van der Waals surface area contributed by atoms with E-state index in [1.54, 1.807) is 0 Å². The van der Waals surface area contributed by atoms with Crippen molar-refractivity contribution in [3.05, 3.63) is 0 Å². The summed E-state index contributed by atoms with van der Waals surface area (Å²) in [5, 5.41) is 6.86. The standard InChI is InChI=1S/C9H18N2/c1-2-4-9(3-1)5-6-10-8-11-7-9/h10-11H,1-8H2. The van der Waals surface area contributed by atoms with E-state index in [1.807, 2.05) is 0 Å². The predicted octanol–water partition coefficient (Wildman–Crippen LogP) is 1.09. The SMILES string of the molecule is C1CCC2(C1)CCNCNC2. The van der Waals surface area contributed by atoms with Crippen molar-refractivity contribution in [1.82, 2.24) is 10.6 Å². The summed E-state index contributed by atoms with van der Waals surface area (Å²) in [6.07, 6.45) is 7.23. The first-order chi connectivity index (χ1) is 5.41.